The van der Waals surface area contributed by atoms with E-state index in [-0.39, 0.29) is 21.8 Å². The molecule has 35 heavy (non-hydrogen) atoms. The maximum Gasteiger partial charge on any atom is 0.273 e. The van der Waals surface area contributed by atoms with Gasteiger partial charge < -0.3 is 4.74 Å². The summed E-state index contributed by atoms with van der Waals surface area (Å²) in [5, 5.41) is 1.05. The van der Waals surface area contributed by atoms with Crippen LogP contribution in [-0.4, -0.2) is 41.8 Å². The molecule has 1 heterocycles. The Morgan fingerprint density at radius 3 is 2.46 bits per heavy atom. The van der Waals surface area contributed by atoms with E-state index in [0.29, 0.717) is 5.75 Å². The minimum atomic E-state index is -1.37. The lowest BCUT2D eigenvalue weighted by Crippen LogP contribution is -2.54. The standard InChI is InChI=1S/C25H19ClFN3O5/c1-35-20-10-4-9-19(13-20)29-22(31)14-21(25(29)34)30(24(33)16-6-3-8-18(27)12-16)28-23(32)15-5-2-7-17(26)11-15/h2-13,21H,14H2,1H3,(H,28,32). The van der Waals surface area contributed by atoms with E-state index in [1.807, 2.05) is 0 Å². The number of hydrazine groups is 1. The van der Waals surface area contributed by atoms with Crippen LogP contribution in [0, 0.1) is 5.82 Å². The summed E-state index contributed by atoms with van der Waals surface area (Å²) in [6.45, 7) is 0. The molecule has 0 saturated carbocycles. The second kappa shape index (κ2) is 9.94. The molecule has 3 aromatic rings. The Kier molecular flexibility index (Phi) is 6.79. The molecule has 0 spiro atoms. The molecule has 0 radical (unpaired) electrons. The van der Waals surface area contributed by atoms with Crippen molar-refractivity contribution in [2.24, 2.45) is 0 Å². The van der Waals surface area contributed by atoms with Crippen LogP contribution >= 0.6 is 11.6 Å². The van der Waals surface area contributed by atoms with Crippen LogP contribution in [0.3, 0.4) is 0 Å². The number of carbonyl (C=O) groups excluding carboxylic acids is 4. The van der Waals surface area contributed by atoms with Gasteiger partial charge in [-0.05, 0) is 48.5 Å². The number of anilines is 1. The lowest BCUT2D eigenvalue weighted by Gasteiger charge is -2.28. The molecule has 178 valence electrons. The summed E-state index contributed by atoms with van der Waals surface area (Å²) >= 11 is 5.96. The number of nitrogens with zero attached hydrogens (tertiary/aromatic N) is 2. The second-order valence-electron chi connectivity index (χ2n) is 7.63. The van der Waals surface area contributed by atoms with Crippen molar-refractivity contribution in [1.82, 2.24) is 10.4 Å². The first-order chi connectivity index (χ1) is 16.8. The highest BCUT2D eigenvalue weighted by Gasteiger charge is 2.45. The van der Waals surface area contributed by atoms with Gasteiger partial charge in [-0.1, -0.05) is 29.8 Å². The lowest BCUT2D eigenvalue weighted by molar-refractivity contribution is -0.122. The zero-order chi connectivity index (χ0) is 25.1. The van der Waals surface area contributed by atoms with E-state index in [2.05, 4.69) is 5.43 Å². The topological polar surface area (TPSA) is 96.0 Å². The third-order valence-electron chi connectivity index (χ3n) is 5.35. The summed E-state index contributed by atoms with van der Waals surface area (Å²) < 4.78 is 19.0. The smallest absolute Gasteiger partial charge is 0.273 e. The molecule has 0 bridgehead atoms. The number of carbonyl (C=O) groups is 4. The van der Waals surface area contributed by atoms with E-state index in [0.717, 1.165) is 22.0 Å². The molecule has 1 saturated heterocycles. The number of hydrogen-bond acceptors (Lipinski definition) is 5. The number of hydrogen-bond donors (Lipinski definition) is 1. The highest BCUT2D eigenvalue weighted by Crippen LogP contribution is 2.28. The number of halogens is 2. The van der Waals surface area contributed by atoms with Crippen molar-refractivity contribution in [1.29, 1.82) is 0 Å². The summed E-state index contributed by atoms with van der Waals surface area (Å²) in [7, 11) is 1.44. The van der Waals surface area contributed by atoms with E-state index in [1.54, 1.807) is 30.3 Å². The van der Waals surface area contributed by atoms with Gasteiger partial charge in [-0.3, -0.25) is 24.6 Å². The maximum atomic E-state index is 13.8. The molecular formula is C25H19ClFN3O5. The molecule has 3 aromatic carbocycles. The van der Waals surface area contributed by atoms with Crippen molar-refractivity contribution in [2.75, 3.05) is 12.0 Å². The van der Waals surface area contributed by atoms with Crippen LogP contribution < -0.4 is 15.1 Å². The van der Waals surface area contributed by atoms with Gasteiger partial charge >= 0.3 is 0 Å². The van der Waals surface area contributed by atoms with Crippen LogP contribution in [0.2, 0.25) is 5.02 Å². The summed E-state index contributed by atoms with van der Waals surface area (Å²) in [5.74, 6) is -3.17. The third kappa shape index (κ3) is 4.99. The molecule has 4 amide bonds. The molecule has 0 aliphatic carbocycles. The van der Waals surface area contributed by atoms with Gasteiger partial charge in [0.15, 0.2) is 0 Å². The molecule has 1 N–H and O–H groups in total. The van der Waals surface area contributed by atoms with Crippen LogP contribution in [0.5, 0.6) is 5.75 Å². The summed E-state index contributed by atoms with van der Waals surface area (Å²) in [5.41, 5.74) is 2.66. The number of ether oxygens (including phenoxy) is 1. The number of imide groups is 1. The highest BCUT2D eigenvalue weighted by atomic mass is 35.5. The number of amides is 4. The monoisotopic (exact) mass is 495 g/mol. The van der Waals surface area contributed by atoms with Crippen LogP contribution in [0.4, 0.5) is 10.1 Å². The minimum absolute atomic E-state index is 0.114. The Morgan fingerprint density at radius 1 is 1.03 bits per heavy atom. The van der Waals surface area contributed by atoms with Gasteiger partial charge in [0.1, 0.15) is 17.6 Å². The third-order valence-corrected chi connectivity index (χ3v) is 5.58. The Hall–Kier alpha value is -4.24. The quantitative estimate of drug-likeness (QED) is 0.431. The number of nitrogens with one attached hydrogen (secondary N) is 1. The van der Waals surface area contributed by atoms with E-state index in [9.17, 15) is 23.6 Å². The fraction of sp³-hybridized carbons (Fsp3) is 0.120. The van der Waals surface area contributed by atoms with Gasteiger partial charge in [0.25, 0.3) is 17.7 Å². The molecular weight excluding hydrogens is 477 g/mol. The maximum absolute atomic E-state index is 13.8. The van der Waals surface area contributed by atoms with Crippen LogP contribution in [0.15, 0.2) is 72.8 Å². The molecule has 4 rings (SSSR count). The van der Waals surface area contributed by atoms with Crippen LogP contribution in [0.25, 0.3) is 0 Å². The highest BCUT2D eigenvalue weighted by molar-refractivity contribution is 6.31. The predicted octanol–water partition coefficient (Wildman–Crippen LogP) is 3.61. The van der Waals surface area contributed by atoms with Gasteiger partial charge in [0.05, 0.1) is 19.2 Å². The SMILES string of the molecule is COc1cccc(N2C(=O)CC(N(NC(=O)c3cccc(Cl)c3)C(=O)c3cccc(F)c3)C2=O)c1. The normalized spacial score (nSPS) is 15.2. The Bertz CT molecular complexity index is 1330. The first-order valence-electron chi connectivity index (χ1n) is 10.4. The zero-order valence-corrected chi connectivity index (χ0v) is 19.2. The van der Waals surface area contributed by atoms with Crippen molar-refractivity contribution < 1.29 is 28.3 Å². The van der Waals surface area contributed by atoms with Crippen LogP contribution in [0.1, 0.15) is 27.1 Å². The van der Waals surface area contributed by atoms with Gasteiger partial charge in [-0.15, -0.1) is 0 Å². The van der Waals surface area contributed by atoms with E-state index < -0.39 is 41.9 Å². The summed E-state index contributed by atoms with van der Waals surface area (Å²) in [6, 6.07) is 15.7. The van der Waals surface area contributed by atoms with Crippen molar-refractivity contribution in [3.63, 3.8) is 0 Å². The molecule has 1 aliphatic heterocycles. The number of methoxy groups -OCH3 is 1. The van der Waals surface area contributed by atoms with Crippen molar-refractivity contribution >= 4 is 40.9 Å². The lowest BCUT2D eigenvalue weighted by atomic mass is 10.1. The molecule has 0 aromatic heterocycles. The fourth-order valence-corrected chi connectivity index (χ4v) is 3.86. The predicted molar refractivity (Wildman–Crippen MR) is 125 cm³/mol. The molecule has 10 heteroatoms. The Morgan fingerprint density at radius 2 is 1.74 bits per heavy atom. The average molecular weight is 496 g/mol. The first-order valence-corrected chi connectivity index (χ1v) is 10.8. The van der Waals surface area contributed by atoms with E-state index in [1.165, 1.54) is 37.4 Å². The molecule has 1 atom stereocenters. The molecule has 8 nitrogen and oxygen atoms in total. The largest absolute Gasteiger partial charge is 0.497 e. The average Bonchev–Trinajstić information content (AvgIpc) is 3.15. The van der Waals surface area contributed by atoms with Crippen molar-refractivity contribution in [3.05, 3.63) is 94.8 Å². The Balaban J connectivity index is 1.70. The fourth-order valence-electron chi connectivity index (χ4n) is 3.67. The van der Waals surface area contributed by atoms with Gasteiger partial charge in [-0.2, -0.15) is 0 Å². The van der Waals surface area contributed by atoms with Crippen LogP contribution in [-0.2, 0) is 9.59 Å². The van der Waals surface area contributed by atoms with Gasteiger partial charge in [0, 0.05) is 22.2 Å². The van der Waals surface area contributed by atoms with E-state index >= 15 is 0 Å². The summed E-state index contributed by atoms with van der Waals surface area (Å²) in [6.07, 6.45) is -0.396. The number of benzene rings is 3. The molecule has 1 aliphatic rings. The minimum Gasteiger partial charge on any atom is -0.497 e. The molecule has 1 fully saturated rings. The van der Waals surface area contributed by atoms with Crippen molar-refractivity contribution in [2.45, 2.75) is 12.5 Å². The zero-order valence-electron chi connectivity index (χ0n) is 18.4. The molecule has 1 unspecified atom stereocenters. The second-order valence-corrected chi connectivity index (χ2v) is 8.06. The van der Waals surface area contributed by atoms with Crippen molar-refractivity contribution in [3.8, 4) is 5.75 Å². The Labute approximate surface area is 204 Å². The first kappa shape index (κ1) is 23.9. The summed E-state index contributed by atoms with van der Waals surface area (Å²) in [4.78, 5) is 53.4. The number of rotatable bonds is 5. The van der Waals surface area contributed by atoms with Gasteiger partial charge in [-0.25, -0.2) is 14.3 Å². The van der Waals surface area contributed by atoms with E-state index in [4.69, 9.17) is 16.3 Å². The van der Waals surface area contributed by atoms with Gasteiger partial charge in [0.2, 0.25) is 5.91 Å².